The Morgan fingerprint density at radius 3 is 2.58 bits per heavy atom. The molecule has 2 N–H and O–H groups in total. The van der Waals surface area contributed by atoms with Gasteiger partial charge >= 0.3 is 5.97 Å². The summed E-state index contributed by atoms with van der Waals surface area (Å²) < 4.78 is 5.33. The molecule has 0 saturated carbocycles. The average molecular weight is 550 g/mol. The summed E-state index contributed by atoms with van der Waals surface area (Å²) in [5, 5.41) is 23.1. The Bertz CT molecular complexity index is 1200. The van der Waals surface area contributed by atoms with E-state index in [1.54, 1.807) is 31.0 Å². The zero-order valence-electron chi connectivity index (χ0n) is 20.1. The van der Waals surface area contributed by atoms with Gasteiger partial charge in [0.1, 0.15) is 5.75 Å². The number of hydrogen-bond acceptors (Lipinski definition) is 6. The van der Waals surface area contributed by atoms with Crippen LogP contribution in [0.1, 0.15) is 37.4 Å². The number of methoxy groups -OCH3 is 1. The molecule has 0 spiro atoms. The van der Waals surface area contributed by atoms with Crippen LogP contribution in [-0.4, -0.2) is 58.6 Å². The lowest BCUT2D eigenvalue weighted by atomic mass is 9.74. The molecular weight excluding hydrogens is 519 g/mol. The van der Waals surface area contributed by atoms with Gasteiger partial charge in [-0.2, -0.15) is 0 Å². The van der Waals surface area contributed by atoms with Gasteiger partial charge in [-0.25, -0.2) is 0 Å². The number of pyridine rings is 1. The smallest absolute Gasteiger partial charge is 0.309 e. The van der Waals surface area contributed by atoms with Gasteiger partial charge in [-0.05, 0) is 81.2 Å². The second kappa shape index (κ2) is 12.0. The first-order chi connectivity index (χ1) is 17.3. The lowest BCUT2D eigenvalue weighted by molar-refractivity contribution is -0.153. The molecule has 1 aromatic heterocycles. The van der Waals surface area contributed by atoms with Crippen molar-refractivity contribution in [2.75, 3.05) is 32.5 Å². The molecule has 1 aliphatic heterocycles. The van der Waals surface area contributed by atoms with Crippen LogP contribution in [0.15, 0.2) is 53.6 Å². The van der Waals surface area contributed by atoms with Crippen molar-refractivity contribution in [3.63, 3.8) is 0 Å². The number of hydrogen-bond donors (Lipinski definition) is 2. The fourth-order valence-corrected chi connectivity index (χ4v) is 6.11. The molecule has 1 aliphatic rings. The average Bonchev–Trinajstić information content (AvgIpc) is 2.88. The monoisotopic (exact) mass is 548 g/mol. The number of nitrogens with zero attached hydrogens (tertiary/aromatic N) is 2. The zero-order chi connectivity index (χ0) is 25.7. The molecule has 1 fully saturated rings. The third kappa shape index (κ3) is 6.26. The largest absolute Gasteiger partial charge is 0.497 e. The van der Waals surface area contributed by atoms with Crippen LogP contribution in [0.5, 0.6) is 5.75 Å². The van der Waals surface area contributed by atoms with E-state index in [9.17, 15) is 15.0 Å². The maximum atomic E-state index is 12.4. The number of carboxylic acids is 1. The predicted octanol–water partition coefficient (Wildman–Crippen LogP) is 6.32. The van der Waals surface area contributed by atoms with Gasteiger partial charge in [0.05, 0.1) is 29.2 Å². The molecule has 9 heteroatoms. The van der Waals surface area contributed by atoms with Crippen molar-refractivity contribution in [2.45, 2.75) is 36.7 Å². The molecule has 36 heavy (non-hydrogen) atoms. The second-order valence-electron chi connectivity index (χ2n) is 9.19. The lowest BCUT2D eigenvalue weighted by Gasteiger charge is -2.39. The molecule has 3 aromatic rings. The van der Waals surface area contributed by atoms with Crippen LogP contribution >= 0.6 is 35.0 Å². The van der Waals surface area contributed by atoms with Crippen LogP contribution in [0.25, 0.3) is 10.9 Å². The maximum Gasteiger partial charge on any atom is 0.309 e. The van der Waals surface area contributed by atoms with E-state index in [-0.39, 0.29) is 0 Å². The van der Waals surface area contributed by atoms with E-state index in [1.807, 2.05) is 30.3 Å². The van der Waals surface area contributed by atoms with Crippen molar-refractivity contribution in [1.82, 2.24) is 9.88 Å². The summed E-state index contributed by atoms with van der Waals surface area (Å²) in [6, 6.07) is 13.2. The Morgan fingerprint density at radius 2 is 1.92 bits per heavy atom. The van der Waals surface area contributed by atoms with E-state index in [0.29, 0.717) is 52.9 Å². The summed E-state index contributed by atoms with van der Waals surface area (Å²) in [5.74, 6) is 0.776. The van der Waals surface area contributed by atoms with Crippen LogP contribution in [0, 0.1) is 5.41 Å². The zero-order valence-corrected chi connectivity index (χ0v) is 22.5. The highest BCUT2D eigenvalue weighted by Gasteiger charge is 2.41. The lowest BCUT2D eigenvalue weighted by Crippen LogP contribution is -2.45. The Labute approximate surface area is 225 Å². The number of aliphatic hydroxyl groups is 1. The van der Waals surface area contributed by atoms with Crippen molar-refractivity contribution in [3.8, 4) is 5.75 Å². The first-order valence-electron chi connectivity index (χ1n) is 12.0. The maximum absolute atomic E-state index is 12.4. The minimum absolute atomic E-state index is 0.300. The molecule has 2 heterocycles. The van der Waals surface area contributed by atoms with E-state index in [1.165, 1.54) is 11.1 Å². The van der Waals surface area contributed by atoms with Crippen LogP contribution in [0.4, 0.5) is 0 Å². The molecule has 1 atom stereocenters. The topological polar surface area (TPSA) is 82.9 Å². The first kappa shape index (κ1) is 27.0. The Morgan fingerprint density at radius 1 is 1.19 bits per heavy atom. The summed E-state index contributed by atoms with van der Waals surface area (Å²) in [7, 11) is 1.58. The number of piperidine rings is 1. The summed E-state index contributed by atoms with van der Waals surface area (Å²) >= 11 is 14.2. The summed E-state index contributed by atoms with van der Waals surface area (Å²) in [6.07, 6.45) is 2.41. The SMILES string of the molecule is COc1ccc2ncc(Cl)c([C@@H](O)CCC3(C(=O)O)CCN(CCSc4ccc(Cl)cc4)CC3)c2c1. The number of aliphatic hydroxyl groups excluding tert-OH is 1. The van der Waals surface area contributed by atoms with Gasteiger partial charge in [0, 0.05) is 39.4 Å². The number of carboxylic acid groups (broad SMARTS) is 1. The first-order valence-corrected chi connectivity index (χ1v) is 13.7. The fraction of sp³-hybridized carbons (Fsp3) is 0.407. The Balaban J connectivity index is 1.37. The number of aliphatic carboxylic acids is 1. The highest BCUT2D eigenvalue weighted by molar-refractivity contribution is 7.99. The van der Waals surface area contributed by atoms with E-state index in [0.717, 1.165) is 30.4 Å². The number of carbonyl (C=O) groups is 1. The van der Waals surface area contributed by atoms with Crippen LogP contribution < -0.4 is 4.74 Å². The molecule has 6 nitrogen and oxygen atoms in total. The molecule has 1 saturated heterocycles. The Hall–Kier alpha value is -2.03. The number of thioether (sulfide) groups is 1. The van der Waals surface area contributed by atoms with Crippen molar-refractivity contribution in [1.29, 1.82) is 0 Å². The third-order valence-corrected chi connectivity index (χ3v) is 8.60. The van der Waals surface area contributed by atoms with Gasteiger partial charge in [-0.1, -0.05) is 23.2 Å². The van der Waals surface area contributed by atoms with Crippen molar-refractivity contribution < 1.29 is 19.7 Å². The molecule has 0 bridgehead atoms. The van der Waals surface area contributed by atoms with Crippen LogP contribution in [0.2, 0.25) is 10.0 Å². The molecule has 0 radical (unpaired) electrons. The number of ether oxygens (including phenoxy) is 1. The number of fused-ring (bicyclic) bond motifs is 1. The predicted molar refractivity (Wildman–Crippen MR) is 145 cm³/mol. The number of likely N-dealkylation sites (tertiary alicyclic amines) is 1. The van der Waals surface area contributed by atoms with Crippen LogP contribution in [0.3, 0.4) is 0 Å². The highest BCUT2D eigenvalue weighted by atomic mass is 35.5. The van der Waals surface area contributed by atoms with Gasteiger partial charge in [0.25, 0.3) is 0 Å². The molecular formula is C27H30Cl2N2O4S. The van der Waals surface area contributed by atoms with E-state index in [2.05, 4.69) is 9.88 Å². The van der Waals surface area contributed by atoms with Gasteiger partial charge < -0.3 is 19.8 Å². The van der Waals surface area contributed by atoms with Crippen molar-refractivity contribution in [2.24, 2.45) is 5.41 Å². The summed E-state index contributed by atoms with van der Waals surface area (Å²) in [4.78, 5) is 20.2. The van der Waals surface area contributed by atoms with E-state index < -0.39 is 17.5 Å². The molecule has 0 amide bonds. The normalized spacial score (nSPS) is 16.7. The number of aromatic nitrogens is 1. The molecule has 4 rings (SSSR count). The minimum Gasteiger partial charge on any atom is -0.497 e. The van der Waals surface area contributed by atoms with Gasteiger partial charge in [0.2, 0.25) is 0 Å². The summed E-state index contributed by atoms with van der Waals surface area (Å²) in [6.45, 7) is 2.34. The summed E-state index contributed by atoms with van der Waals surface area (Å²) in [5.41, 5.74) is 0.415. The molecule has 0 unspecified atom stereocenters. The third-order valence-electron chi connectivity index (χ3n) is 7.05. The van der Waals surface area contributed by atoms with E-state index >= 15 is 0 Å². The van der Waals surface area contributed by atoms with Gasteiger partial charge in [-0.15, -0.1) is 11.8 Å². The Kier molecular flexibility index (Phi) is 9.01. The number of benzene rings is 2. The number of halogens is 2. The highest BCUT2D eigenvalue weighted by Crippen LogP contribution is 2.41. The van der Waals surface area contributed by atoms with E-state index in [4.69, 9.17) is 27.9 Å². The fourth-order valence-electron chi connectivity index (χ4n) is 4.79. The van der Waals surface area contributed by atoms with Gasteiger partial charge in [0.15, 0.2) is 0 Å². The van der Waals surface area contributed by atoms with Crippen LogP contribution in [-0.2, 0) is 4.79 Å². The van der Waals surface area contributed by atoms with Gasteiger partial charge in [-0.3, -0.25) is 9.78 Å². The molecule has 0 aliphatic carbocycles. The molecule has 192 valence electrons. The van der Waals surface area contributed by atoms with Crippen molar-refractivity contribution in [3.05, 3.63) is 64.3 Å². The van der Waals surface area contributed by atoms with Crippen molar-refractivity contribution >= 4 is 51.8 Å². The minimum atomic E-state index is -0.903. The number of rotatable bonds is 10. The standard InChI is InChI=1S/C27H30Cl2N2O4S/c1-35-19-4-7-23-21(16-19)25(22(29)17-30-23)24(32)8-9-27(26(33)34)10-12-31(13-11-27)14-15-36-20-5-2-18(28)3-6-20/h2-7,16-17,24,32H,8-15H2,1H3,(H,33,34)/t24-/m0/s1. The molecule has 2 aromatic carbocycles. The quantitative estimate of drug-likeness (QED) is 0.286. The second-order valence-corrected chi connectivity index (χ2v) is 11.2.